The number of fused-ring (bicyclic) bond motifs is 1. The van der Waals surface area contributed by atoms with Crippen LogP contribution in [0, 0.1) is 18.8 Å². The topological polar surface area (TPSA) is 68.3 Å². The first kappa shape index (κ1) is 20.8. The third-order valence-corrected chi connectivity index (χ3v) is 6.61. The van der Waals surface area contributed by atoms with E-state index in [0.717, 1.165) is 71.9 Å². The highest BCUT2D eigenvalue weighted by Gasteiger charge is 2.29. The molecule has 1 aliphatic heterocycles. The van der Waals surface area contributed by atoms with Crippen molar-refractivity contribution in [1.29, 1.82) is 0 Å². The van der Waals surface area contributed by atoms with Crippen LogP contribution in [-0.2, 0) is 9.53 Å². The SMILES string of the molecule is Cc1ccc(C(=O)CC2CCOCC2)cc1-c1ccc2cc(NC(=O)C3CC3)ncc2c1. The molecule has 0 unspecified atom stereocenters. The molecule has 1 aliphatic carbocycles. The van der Waals surface area contributed by atoms with Crippen LogP contribution in [0.5, 0.6) is 0 Å². The summed E-state index contributed by atoms with van der Waals surface area (Å²) in [5.41, 5.74) is 4.03. The number of aromatic nitrogens is 1. The maximum Gasteiger partial charge on any atom is 0.228 e. The minimum Gasteiger partial charge on any atom is -0.381 e. The van der Waals surface area contributed by atoms with Gasteiger partial charge in [-0.3, -0.25) is 9.59 Å². The Morgan fingerprint density at radius 3 is 2.59 bits per heavy atom. The summed E-state index contributed by atoms with van der Waals surface area (Å²) in [5, 5.41) is 4.94. The predicted octanol–water partition coefficient (Wildman–Crippen LogP) is 5.56. The number of pyridine rings is 1. The van der Waals surface area contributed by atoms with Crippen LogP contribution in [0.4, 0.5) is 5.82 Å². The van der Waals surface area contributed by atoms with Gasteiger partial charge in [0.25, 0.3) is 0 Å². The van der Waals surface area contributed by atoms with E-state index in [1.54, 1.807) is 6.20 Å². The van der Waals surface area contributed by atoms with Gasteiger partial charge in [-0.05, 0) is 78.8 Å². The summed E-state index contributed by atoms with van der Waals surface area (Å²) < 4.78 is 5.42. The van der Waals surface area contributed by atoms with E-state index in [-0.39, 0.29) is 17.6 Å². The van der Waals surface area contributed by atoms with Gasteiger partial charge in [0.1, 0.15) is 5.82 Å². The van der Waals surface area contributed by atoms with Crippen LogP contribution in [0.3, 0.4) is 0 Å². The number of ether oxygens (including phenoxy) is 1. The summed E-state index contributed by atoms with van der Waals surface area (Å²) in [4.78, 5) is 29.4. The Morgan fingerprint density at radius 1 is 1.00 bits per heavy atom. The third-order valence-electron chi connectivity index (χ3n) is 6.61. The Kier molecular flexibility index (Phi) is 5.75. The number of hydrogen-bond acceptors (Lipinski definition) is 4. The van der Waals surface area contributed by atoms with E-state index in [1.807, 2.05) is 24.3 Å². The lowest BCUT2D eigenvalue weighted by Gasteiger charge is -2.21. The van der Waals surface area contributed by atoms with Gasteiger partial charge >= 0.3 is 0 Å². The van der Waals surface area contributed by atoms with Crippen LogP contribution in [0.15, 0.2) is 48.7 Å². The summed E-state index contributed by atoms with van der Waals surface area (Å²) in [6.07, 6.45) is 6.26. The van der Waals surface area contributed by atoms with Crippen molar-refractivity contribution in [3.05, 3.63) is 59.8 Å². The van der Waals surface area contributed by atoms with Crippen molar-refractivity contribution in [3.63, 3.8) is 0 Å². The Bertz CT molecular complexity index is 1180. The lowest BCUT2D eigenvalue weighted by atomic mass is 9.90. The predicted molar refractivity (Wildman–Crippen MR) is 126 cm³/mol. The van der Waals surface area contributed by atoms with Crippen molar-refractivity contribution >= 4 is 28.3 Å². The van der Waals surface area contributed by atoms with Crippen LogP contribution in [0.2, 0.25) is 0 Å². The van der Waals surface area contributed by atoms with Crippen LogP contribution < -0.4 is 5.32 Å². The van der Waals surface area contributed by atoms with Gasteiger partial charge in [0, 0.05) is 42.7 Å². The van der Waals surface area contributed by atoms with E-state index >= 15 is 0 Å². The number of carbonyl (C=O) groups excluding carboxylic acids is 2. The van der Waals surface area contributed by atoms with E-state index in [0.29, 0.717) is 18.2 Å². The van der Waals surface area contributed by atoms with Crippen molar-refractivity contribution in [3.8, 4) is 11.1 Å². The number of ketones is 1. The zero-order valence-corrected chi connectivity index (χ0v) is 18.4. The molecule has 164 valence electrons. The number of nitrogens with zero attached hydrogens (tertiary/aromatic N) is 1. The smallest absolute Gasteiger partial charge is 0.228 e. The third kappa shape index (κ3) is 4.58. The van der Waals surface area contributed by atoms with Crippen molar-refractivity contribution < 1.29 is 14.3 Å². The summed E-state index contributed by atoms with van der Waals surface area (Å²) in [5.74, 6) is 1.43. The Labute approximate surface area is 188 Å². The summed E-state index contributed by atoms with van der Waals surface area (Å²) in [6.45, 7) is 3.59. The number of Topliss-reactive ketones (excluding diaryl/α,β-unsaturated/α-hetero) is 1. The van der Waals surface area contributed by atoms with Crippen molar-refractivity contribution in [2.45, 2.75) is 39.0 Å². The molecule has 5 rings (SSSR count). The molecule has 5 heteroatoms. The first-order chi connectivity index (χ1) is 15.6. The second kappa shape index (κ2) is 8.83. The molecule has 0 spiro atoms. The van der Waals surface area contributed by atoms with E-state index in [9.17, 15) is 9.59 Å². The zero-order valence-electron chi connectivity index (χ0n) is 18.4. The fourth-order valence-corrected chi connectivity index (χ4v) is 4.39. The molecule has 2 aliphatic rings. The van der Waals surface area contributed by atoms with Crippen molar-refractivity contribution in [2.75, 3.05) is 18.5 Å². The second-order valence-electron chi connectivity index (χ2n) is 9.11. The van der Waals surface area contributed by atoms with E-state index in [4.69, 9.17) is 4.74 Å². The zero-order chi connectivity index (χ0) is 22.1. The van der Waals surface area contributed by atoms with Crippen molar-refractivity contribution in [1.82, 2.24) is 4.98 Å². The molecule has 5 nitrogen and oxygen atoms in total. The van der Waals surface area contributed by atoms with Crippen molar-refractivity contribution in [2.24, 2.45) is 11.8 Å². The van der Waals surface area contributed by atoms with E-state index in [1.165, 1.54) is 0 Å². The van der Waals surface area contributed by atoms with Gasteiger partial charge in [-0.25, -0.2) is 4.98 Å². The standard InChI is InChI=1S/C27H28N2O3/c1-17-2-3-22(25(30)12-18-8-10-32-11-9-18)14-24(17)21-7-6-20-15-26(28-16-23(20)13-21)29-27(31)19-4-5-19/h2-3,6-7,13-16,18-19H,4-5,8-12H2,1H3,(H,28,29,31). The van der Waals surface area contributed by atoms with Gasteiger partial charge in [0.15, 0.2) is 5.78 Å². The average molecular weight is 429 g/mol. The number of nitrogens with one attached hydrogen (secondary N) is 1. The highest BCUT2D eigenvalue weighted by atomic mass is 16.5. The fourth-order valence-electron chi connectivity index (χ4n) is 4.39. The number of aryl methyl sites for hydroxylation is 1. The number of hydrogen-bond donors (Lipinski definition) is 1. The highest BCUT2D eigenvalue weighted by Crippen LogP contribution is 2.32. The normalized spacial score (nSPS) is 16.8. The van der Waals surface area contributed by atoms with Crippen LogP contribution >= 0.6 is 0 Å². The number of amides is 1. The number of carbonyl (C=O) groups is 2. The monoisotopic (exact) mass is 428 g/mol. The Hall–Kier alpha value is -3.05. The maximum atomic E-state index is 12.9. The van der Waals surface area contributed by atoms with Crippen LogP contribution in [0.25, 0.3) is 21.9 Å². The van der Waals surface area contributed by atoms with Crippen LogP contribution in [-0.4, -0.2) is 29.9 Å². The van der Waals surface area contributed by atoms with Crippen LogP contribution in [0.1, 0.15) is 48.0 Å². The fraction of sp³-hybridized carbons (Fsp3) is 0.370. The molecule has 0 atom stereocenters. The lowest BCUT2D eigenvalue weighted by Crippen LogP contribution is -2.18. The minimum atomic E-state index is 0.0614. The first-order valence-corrected chi connectivity index (χ1v) is 11.5. The van der Waals surface area contributed by atoms with Gasteiger partial charge < -0.3 is 10.1 Å². The molecule has 32 heavy (non-hydrogen) atoms. The molecule has 2 aromatic carbocycles. The summed E-state index contributed by atoms with van der Waals surface area (Å²) >= 11 is 0. The molecule has 3 aromatic rings. The van der Waals surface area contributed by atoms with E-state index in [2.05, 4.69) is 35.4 Å². The molecule has 2 fully saturated rings. The molecule has 1 saturated carbocycles. The molecule has 1 amide bonds. The number of benzene rings is 2. The molecular formula is C27H28N2O3. The highest BCUT2D eigenvalue weighted by molar-refractivity contribution is 5.98. The molecular weight excluding hydrogens is 400 g/mol. The molecule has 0 radical (unpaired) electrons. The lowest BCUT2D eigenvalue weighted by molar-refractivity contribution is -0.117. The Morgan fingerprint density at radius 2 is 1.81 bits per heavy atom. The maximum absolute atomic E-state index is 12.9. The molecule has 1 saturated heterocycles. The van der Waals surface area contributed by atoms with Gasteiger partial charge in [-0.1, -0.05) is 24.3 Å². The summed E-state index contributed by atoms with van der Waals surface area (Å²) in [7, 11) is 0. The van der Waals surface area contributed by atoms with Gasteiger partial charge in [0.05, 0.1) is 0 Å². The molecule has 2 heterocycles. The largest absolute Gasteiger partial charge is 0.381 e. The molecule has 1 aromatic heterocycles. The Balaban J connectivity index is 1.38. The van der Waals surface area contributed by atoms with Gasteiger partial charge in [0.2, 0.25) is 5.91 Å². The van der Waals surface area contributed by atoms with Gasteiger partial charge in [-0.15, -0.1) is 0 Å². The minimum absolute atomic E-state index is 0.0614. The molecule has 0 bridgehead atoms. The molecule has 1 N–H and O–H groups in total. The summed E-state index contributed by atoms with van der Waals surface area (Å²) in [6, 6.07) is 14.1. The average Bonchev–Trinajstić information content (AvgIpc) is 3.65. The second-order valence-corrected chi connectivity index (χ2v) is 9.11. The van der Waals surface area contributed by atoms with E-state index < -0.39 is 0 Å². The first-order valence-electron chi connectivity index (χ1n) is 11.5. The number of anilines is 1. The number of rotatable bonds is 6. The van der Waals surface area contributed by atoms with Gasteiger partial charge in [-0.2, -0.15) is 0 Å². The quantitative estimate of drug-likeness (QED) is 0.522.